The second-order valence-electron chi connectivity index (χ2n) is 7.57. The molecule has 0 bridgehead atoms. The highest BCUT2D eigenvalue weighted by atomic mass is 32.2. The van der Waals surface area contributed by atoms with E-state index >= 15 is 0 Å². The minimum atomic E-state index is -3.27. The highest BCUT2D eigenvalue weighted by molar-refractivity contribution is 7.93. The van der Waals surface area contributed by atoms with Crippen LogP contribution in [0.25, 0.3) is 0 Å². The van der Waals surface area contributed by atoms with Crippen LogP contribution in [0.4, 0.5) is 5.69 Å². The Morgan fingerprint density at radius 1 is 1.04 bits per heavy atom. The Kier molecular flexibility index (Phi) is 5.62. The zero-order chi connectivity index (χ0) is 19.0. The van der Waals surface area contributed by atoms with Crippen molar-refractivity contribution in [1.82, 2.24) is 0 Å². The van der Waals surface area contributed by atoms with Gasteiger partial charge in [-0.05, 0) is 70.6 Å². The molecule has 2 fully saturated rings. The Labute approximate surface area is 152 Å². The molecule has 1 N–H and O–H groups in total. The lowest BCUT2D eigenvalue weighted by molar-refractivity contribution is 0.00578. The first-order valence-corrected chi connectivity index (χ1v) is 10.5. The van der Waals surface area contributed by atoms with Gasteiger partial charge < -0.3 is 9.31 Å². The Hall–Kier alpha value is -1.05. The molecular weight excluding hydrogens is 337 g/mol. The number of sulfonamides is 1. The van der Waals surface area contributed by atoms with Gasteiger partial charge in [0.25, 0.3) is 0 Å². The van der Waals surface area contributed by atoms with Crippen LogP contribution in [0.15, 0.2) is 18.2 Å². The molecule has 0 amide bonds. The summed E-state index contributed by atoms with van der Waals surface area (Å²) in [5, 5.41) is -0.247. The number of hydrogen-bond acceptors (Lipinski definition) is 4. The summed E-state index contributed by atoms with van der Waals surface area (Å²) in [6.45, 7) is 13.9. The van der Waals surface area contributed by atoms with Crippen LogP contribution in [0.1, 0.15) is 59.9 Å². The maximum absolute atomic E-state index is 12.1. The number of aryl methyl sites for hydroxylation is 1. The predicted octanol–water partition coefficient (Wildman–Crippen LogP) is 3.22. The van der Waals surface area contributed by atoms with E-state index in [-0.39, 0.29) is 5.25 Å². The monoisotopic (exact) mass is 367 g/mol. The van der Waals surface area contributed by atoms with Crippen molar-refractivity contribution in [2.24, 2.45) is 0 Å². The Morgan fingerprint density at radius 2 is 1.56 bits per heavy atom. The summed E-state index contributed by atoms with van der Waals surface area (Å²) in [4.78, 5) is 0. The molecule has 0 unspecified atom stereocenters. The van der Waals surface area contributed by atoms with Gasteiger partial charge in [-0.2, -0.15) is 0 Å². The number of benzene rings is 1. The maximum Gasteiger partial charge on any atom is 0.494 e. The van der Waals surface area contributed by atoms with Crippen LogP contribution in [0, 0.1) is 6.92 Å². The van der Waals surface area contributed by atoms with Gasteiger partial charge in [0, 0.05) is 5.69 Å². The molecular formula is C18H30BNO4S. The molecule has 1 aliphatic carbocycles. The van der Waals surface area contributed by atoms with E-state index in [1.807, 2.05) is 60.6 Å². The quantitative estimate of drug-likeness (QED) is 0.830. The Morgan fingerprint density at radius 3 is 2.04 bits per heavy atom. The van der Waals surface area contributed by atoms with Gasteiger partial charge in [-0.3, -0.25) is 4.72 Å². The summed E-state index contributed by atoms with van der Waals surface area (Å²) in [6, 6.07) is 5.60. The molecule has 1 saturated carbocycles. The summed E-state index contributed by atoms with van der Waals surface area (Å²) >= 11 is 0. The first-order valence-electron chi connectivity index (χ1n) is 8.99. The van der Waals surface area contributed by atoms with Crippen LogP contribution in [-0.2, 0) is 19.3 Å². The molecule has 25 heavy (non-hydrogen) atoms. The van der Waals surface area contributed by atoms with Gasteiger partial charge in [-0.1, -0.05) is 19.9 Å². The highest BCUT2D eigenvalue weighted by Crippen LogP contribution is 2.37. The van der Waals surface area contributed by atoms with Crippen LogP contribution < -0.4 is 10.2 Å². The van der Waals surface area contributed by atoms with Gasteiger partial charge in [0.1, 0.15) is 0 Å². The number of hydrogen-bond donors (Lipinski definition) is 1. The second-order valence-corrected chi connectivity index (χ2v) is 9.53. The molecule has 5 nitrogen and oxygen atoms in total. The van der Waals surface area contributed by atoms with Crippen LogP contribution >= 0.6 is 0 Å². The third kappa shape index (κ3) is 4.38. The fraction of sp³-hybridized carbons (Fsp3) is 0.667. The lowest BCUT2D eigenvalue weighted by Gasteiger charge is -2.32. The molecule has 1 aromatic rings. The smallest absolute Gasteiger partial charge is 0.399 e. The van der Waals surface area contributed by atoms with Crippen molar-refractivity contribution >= 4 is 28.3 Å². The van der Waals surface area contributed by atoms with Gasteiger partial charge in [0.05, 0.1) is 16.5 Å². The molecule has 0 radical (unpaired) electrons. The van der Waals surface area contributed by atoms with E-state index < -0.39 is 28.3 Å². The van der Waals surface area contributed by atoms with E-state index in [9.17, 15) is 8.42 Å². The molecule has 0 aromatic heterocycles. The summed E-state index contributed by atoms with van der Waals surface area (Å²) < 4.78 is 39.1. The molecule has 1 aliphatic heterocycles. The highest BCUT2D eigenvalue weighted by Gasteiger charge is 2.51. The summed E-state index contributed by atoms with van der Waals surface area (Å²) in [5.41, 5.74) is 1.52. The molecule has 140 valence electrons. The van der Waals surface area contributed by atoms with E-state index in [1.165, 1.54) is 0 Å². The predicted molar refractivity (Wildman–Crippen MR) is 104 cm³/mol. The zero-order valence-corrected chi connectivity index (χ0v) is 17.2. The molecule has 0 spiro atoms. The Balaban J connectivity index is 0.00000109. The first kappa shape index (κ1) is 20.3. The van der Waals surface area contributed by atoms with E-state index in [1.54, 1.807) is 6.07 Å². The second kappa shape index (κ2) is 6.93. The van der Waals surface area contributed by atoms with Gasteiger partial charge in [-0.25, -0.2) is 8.42 Å². The number of rotatable bonds is 4. The van der Waals surface area contributed by atoms with Crippen LogP contribution in [-0.4, -0.2) is 32.0 Å². The van der Waals surface area contributed by atoms with Crippen LogP contribution in [0.5, 0.6) is 0 Å². The molecule has 2 aliphatic rings. The van der Waals surface area contributed by atoms with Crippen molar-refractivity contribution in [3.05, 3.63) is 23.8 Å². The van der Waals surface area contributed by atoms with Crippen molar-refractivity contribution < 1.29 is 17.7 Å². The van der Waals surface area contributed by atoms with Crippen molar-refractivity contribution in [2.75, 3.05) is 4.72 Å². The summed E-state index contributed by atoms with van der Waals surface area (Å²) in [7, 11) is -3.77. The number of anilines is 1. The normalized spacial score (nSPS) is 21.5. The first-order chi connectivity index (χ1) is 11.5. The topological polar surface area (TPSA) is 64.6 Å². The SMILES string of the molecule is CC.Cc1cc(NS(=O)(=O)C2CC2)cc(B2OC(C)(C)C(C)(C)O2)c1. The fourth-order valence-corrected chi connectivity index (χ4v) is 3.98. The van der Waals surface area contributed by atoms with Crippen molar-refractivity contribution in [1.29, 1.82) is 0 Å². The van der Waals surface area contributed by atoms with Gasteiger partial charge >= 0.3 is 7.12 Å². The van der Waals surface area contributed by atoms with Gasteiger partial charge in [0.2, 0.25) is 10.0 Å². The van der Waals surface area contributed by atoms with Crippen LogP contribution in [0.3, 0.4) is 0 Å². The van der Waals surface area contributed by atoms with E-state index in [2.05, 4.69) is 4.72 Å². The van der Waals surface area contributed by atoms with Crippen LogP contribution in [0.2, 0.25) is 0 Å². The molecule has 3 rings (SSSR count). The van der Waals surface area contributed by atoms with Crippen molar-refractivity contribution in [3.63, 3.8) is 0 Å². The fourth-order valence-electron chi connectivity index (χ4n) is 2.61. The van der Waals surface area contributed by atoms with E-state index in [0.717, 1.165) is 23.9 Å². The van der Waals surface area contributed by atoms with E-state index in [4.69, 9.17) is 9.31 Å². The minimum absolute atomic E-state index is 0.247. The molecule has 0 atom stereocenters. The molecule has 1 heterocycles. The van der Waals surface area contributed by atoms with Gasteiger partial charge in [0.15, 0.2) is 0 Å². The molecule has 1 aromatic carbocycles. The standard InChI is InChI=1S/C16H24BNO4S.C2H6/c1-11-8-12(17-21-15(2,3)16(4,5)22-17)10-13(9-11)18-23(19,20)14-6-7-14;1-2/h8-10,14,18H,6-7H2,1-5H3;1-2H3. The maximum atomic E-state index is 12.1. The largest absolute Gasteiger partial charge is 0.494 e. The van der Waals surface area contributed by atoms with Gasteiger partial charge in [-0.15, -0.1) is 0 Å². The molecule has 7 heteroatoms. The lowest BCUT2D eigenvalue weighted by atomic mass is 9.78. The molecule has 1 saturated heterocycles. The Bertz CT molecular complexity index is 711. The number of nitrogens with one attached hydrogen (secondary N) is 1. The third-order valence-corrected chi connectivity index (χ3v) is 6.72. The van der Waals surface area contributed by atoms with E-state index in [0.29, 0.717) is 5.69 Å². The zero-order valence-electron chi connectivity index (χ0n) is 16.3. The summed E-state index contributed by atoms with van der Waals surface area (Å²) in [5.74, 6) is 0. The third-order valence-electron chi connectivity index (χ3n) is 4.85. The summed E-state index contributed by atoms with van der Waals surface area (Å²) in [6.07, 6.45) is 1.48. The minimum Gasteiger partial charge on any atom is -0.399 e. The average Bonchev–Trinajstić information content (AvgIpc) is 3.29. The lowest BCUT2D eigenvalue weighted by Crippen LogP contribution is -2.41. The van der Waals surface area contributed by atoms with Crippen molar-refractivity contribution in [3.8, 4) is 0 Å². The van der Waals surface area contributed by atoms with Crippen molar-refractivity contribution in [2.45, 2.75) is 77.8 Å². The average molecular weight is 367 g/mol.